The summed E-state index contributed by atoms with van der Waals surface area (Å²) >= 11 is 0. The van der Waals surface area contributed by atoms with Gasteiger partial charge in [0.2, 0.25) is 5.91 Å². The first-order chi connectivity index (χ1) is 36.0. The topological polar surface area (TPSA) is 95.9 Å². The first-order valence-corrected chi connectivity index (χ1v) is 33.4. The second-order valence-electron chi connectivity index (χ2n) is 23.2. The lowest BCUT2D eigenvalue weighted by atomic mass is 10.0. The molecule has 0 heterocycles. The van der Waals surface area contributed by atoms with Crippen molar-refractivity contribution in [2.24, 2.45) is 0 Å². The molecule has 0 aliphatic carbocycles. The molecule has 0 aromatic rings. The zero-order valence-corrected chi connectivity index (χ0v) is 49.6. The number of carbonyl (C=O) groups excluding carboxylic acids is 2. The number of allylic oxidation sites excluding steroid dienone is 2. The molecule has 1 amide bonds. The molecule has 0 aliphatic heterocycles. The van der Waals surface area contributed by atoms with Crippen molar-refractivity contribution >= 4 is 11.9 Å². The summed E-state index contributed by atoms with van der Waals surface area (Å²) in [6.07, 6.45) is 76.7. The summed E-state index contributed by atoms with van der Waals surface area (Å²) in [5.41, 5.74) is 0. The number of hydrogen-bond acceptors (Lipinski definition) is 5. The van der Waals surface area contributed by atoms with Crippen molar-refractivity contribution in [3.05, 3.63) is 12.2 Å². The molecule has 0 fully saturated rings. The zero-order valence-electron chi connectivity index (χ0n) is 49.6. The molecule has 6 nitrogen and oxygen atoms in total. The van der Waals surface area contributed by atoms with Crippen LogP contribution in [0.1, 0.15) is 380 Å². The number of esters is 1. The van der Waals surface area contributed by atoms with Gasteiger partial charge in [-0.2, -0.15) is 0 Å². The number of unbranched alkanes of at least 4 members (excludes halogenated alkanes) is 50. The van der Waals surface area contributed by atoms with E-state index in [4.69, 9.17) is 4.74 Å². The summed E-state index contributed by atoms with van der Waals surface area (Å²) in [5.74, 6) is -0.0199. The van der Waals surface area contributed by atoms with E-state index in [9.17, 15) is 19.8 Å². The Bertz CT molecular complexity index is 1100. The molecule has 0 aromatic heterocycles. The van der Waals surface area contributed by atoms with Gasteiger partial charge < -0.3 is 20.3 Å². The molecule has 6 heteroatoms. The number of aliphatic hydroxyl groups is 2. The highest BCUT2D eigenvalue weighted by molar-refractivity contribution is 5.76. The van der Waals surface area contributed by atoms with E-state index in [2.05, 4.69) is 31.3 Å². The van der Waals surface area contributed by atoms with Gasteiger partial charge in [-0.1, -0.05) is 328 Å². The Morgan fingerprint density at radius 2 is 0.644 bits per heavy atom. The van der Waals surface area contributed by atoms with Gasteiger partial charge in [0.05, 0.1) is 25.4 Å². The van der Waals surface area contributed by atoms with Crippen molar-refractivity contribution in [2.75, 3.05) is 13.2 Å². The van der Waals surface area contributed by atoms with Gasteiger partial charge in [0, 0.05) is 12.8 Å². The van der Waals surface area contributed by atoms with Crippen molar-refractivity contribution in [1.82, 2.24) is 5.32 Å². The SMILES string of the molecule is CCCCC/C=C\CCCCCCCC(=O)OCCCCCCCCCCCCCCCCCCCCCCCCCCCCCC(=O)NC(CO)C(O)CCCCCCCCCCCCCCCCCCC. The van der Waals surface area contributed by atoms with Crippen molar-refractivity contribution in [1.29, 1.82) is 0 Å². The fourth-order valence-electron chi connectivity index (χ4n) is 10.7. The Kier molecular flexibility index (Phi) is 61.9. The highest BCUT2D eigenvalue weighted by Gasteiger charge is 2.20. The molecule has 0 rings (SSSR count). The fourth-order valence-corrected chi connectivity index (χ4v) is 10.7. The normalized spacial score (nSPS) is 12.5. The fraction of sp³-hybridized carbons (Fsp3) is 0.940. The Hall–Kier alpha value is -1.40. The van der Waals surface area contributed by atoms with Gasteiger partial charge in [-0.15, -0.1) is 0 Å². The van der Waals surface area contributed by atoms with Crippen LogP contribution in [0.4, 0.5) is 0 Å². The summed E-state index contributed by atoms with van der Waals surface area (Å²) < 4.78 is 5.47. The maximum Gasteiger partial charge on any atom is 0.305 e. The number of nitrogens with one attached hydrogen (secondary N) is 1. The second kappa shape index (κ2) is 63.1. The van der Waals surface area contributed by atoms with Crippen LogP contribution in [-0.2, 0) is 14.3 Å². The van der Waals surface area contributed by atoms with Crippen LogP contribution < -0.4 is 5.32 Å². The minimum Gasteiger partial charge on any atom is -0.466 e. The smallest absolute Gasteiger partial charge is 0.305 e. The van der Waals surface area contributed by atoms with E-state index in [1.165, 1.54) is 302 Å². The number of ether oxygens (including phenoxy) is 1. The van der Waals surface area contributed by atoms with Crippen molar-refractivity contribution in [3.63, 3.8) is 0 Å². The van der Waals surface area contributed by atoms with Crippen LogP contribution in [0.5, 0.6) is 0 Å². The van der Waals surface area contributed by atoms with E-state index in [0.29, 0.717) is 25.9 Å². The lowest BCUT2D eigenvalue weighted by Gasteiger charge is -2.22. The molecule has 3 N–H and O–H groups in total. The molecule has 2 unspecified atom stereocenters. The van der Waals surface area contributed by atoms with Crippen LogP contribution >= 0.6 is 0 Å². The Labute approximate surface area is 457 Å². The number of aliphatic hydroxyl groups excluding tert-OH is 2. The summed E-state index contributed by atoms with van der Waals surface area (Å²) in [4.78, 5) is 24.5. The highest BCUT2D eigenvalue weighted by atomic mass is 16.5. The van der Waals surface area contributed by atoms with Crippen LogP contribution in [0.3, 0.4) is 0 Å². The first-order valence-electron chi connectivity index (χ1n) is 33.4. The molecule has 434 valence electrons. The maximum atomic E-state index is 12.5. The average molecular weight is 1030 g/mol. The van der Waals surface area contributed by atoms with Gasteiger partial charge in [0.25, 0.3) is 0 Å². The van der Waals surface area contributed by atoms with Crippen LogP contribution in [-0.4, -0.2) is 47.4 Å². The quantitative estimate of drug-likeness (QED) is 0.0320. The molecule has 0 aromatic carbocycles. The second-order valence-corrected chi connectivity index (χ2v) is 23.2. The predicted molar refractivity (Wildman–Crippen MR) is 320 cm³/mol. The van der Waals surface area contributed by atoms with Gasteiger partial charge in [0.1, 0.15) is 0 Å². The van der Waals surface area contributed by atoms with E-state index in [1.807, 2.05) is 0 Å². The predicted octanol–water partition coefficient (Wildman–Crippen LogP) is 21.2. The molecule has 73 heavy (non-hydrogen) atoms. The summed E-state index contributed by atoms with van der Waals surface area (Å²) in [5, 5.41) is 23.4. The van der Waals surface area contributed by atoms with Crippen molar-refractivity contribution in [2.45, 2.75) is 392 Å². The Morgan fingerprint density at radius 1 is 0.370 bits per heavy atom. The highest BCUT2D eigenvalue weighted by Crippen LogP contribution is 2.19. The van der Waals surface area contributed by atoms with E-state index in [1.54, 1.807) is 0 Å². The Balaban J connectivity index is 3.34. The number of hydrogen-bond donors (Lipinski definition) is 3. The van der Waals surface area contributed by atoms with Gasteiger partial charge in [0.15, 0.2) is 0 Å². The summed E-state index contributed by atoms with van der Waals surface area (Å²) in [6, 6.07) is -0.539. The largest absolute Gasteiger partial charge is 0.466 e. The molecule has 0 spiro atoms. The van der Waals surface area contributed by atoms with Crippen LogP contribution in [0.25, 0.3) is 0 Å². The van der Waals surface area contributed by atoms with Crippen LogP contribution in [0.15, 0.2) is 12.2 Å². The van der Waals surface area contributed by atoms with Gasteiger partial charge in [-0.3, -0.25) is 9.59 Å². The summed E-state index contributed by atoms with van der Waals surface area (Å²) in [6.45, 7) is 4.96. The van der Waals surface area contributed by atoms with Gasteiger partial charge in [-0.05, 0) is 51.4 Å². The molecule has 0 saturated carbocycles. The lowest BCUT2D eigenvalue weighted by molar-refractivity contribution is -0.143. The molecular weight excluding hydrogens is 899 g/mol. The van der Waals surface area contributed by atoms with Crippen molar-refractivity contribution < 1.29 is 24.5 Å². The maximum absolute atomic E-state index is 12.5. The van der Waals surface area contributed by atoms with E-state index < -0.39 is 12.1 Å². The van der Waals surface area contributed by atoms with E-state index in [0.717, 1.165) is 44.9 Å². The van der Waals surface area contributed by atoms with E-state index >= 15 is 0 Å². The van der Waals surface area contributed by atoms with Crippen molar-refractivity contribution in [3.8, 4) is 0 Å². The molecule has 0 radical (unpaired) electrons. The molecule has 0 aliphatic rings. The van der Waals surface area contributed by atoms with E-state index in [-0.39, 0.29) is 18.5 Å². The third-order valence-corrected chi connectivity index (χ3v) is 15.8. The van der Waals surface area contributed by atoms with Gasteiger partial charge >= 0.3 is 5.97 Å². The first kappa shape index (κ1) is 71.6. The minimum absolute atomic E-state index is 0.00869. The number of amides is 1. The van der Waals surface area contributed by atoms with Crippen LogP contribution in [0, 0.1) is 0 Å². The Morgan fingerprint density at radius 3 is 1.00 bits per heavy atom. The summed E-state index contributed by atoms with van der Waals surface area (Å²) in [7, 11) is 0. The lowest BCUT2D eigenvalue weighted by Crippen LogP contribution is -2.45. The average Bonchev–Trinajstić information content (AvgIpc) is 3.39. The molecule has 0 bridgehead atoms. The molecular formula is C67H131NO5. The molecule has 2 atom stereocenters. The monoisotopic (exact) mass is 1030 g/mol. The minimum atomic E-state index is -0.662. The number of rotatable bonds is 63. The molecule has 0 saturated heterocycles. The third-order valence-electron chi connectivity index (χ3n) is 15.8. The standard InChI is InChI=1S/C67H131NO5/c1-3-5-7-9-11-13-15-17-18-30-33-36-39-43-47-51-55-59-65(70)64(63-69)68-66(71)60-56-52-48-44-40-37-34-31-28-26-24-22-20-19-21-23-25-27-29-32-35-38-42-46-50-54-58-62-73-67(72)61-57-53-49-45-41-16-14-12-10-8-6-4-2/h12,14,64-65,69-70H,3-11,13,15-63H2,1-2H3,(H,68,71)/b14-12-. The third kappa shape index (κ3) is 59.7. The van der Waals surface area contributed by atoms with Gasteiger partial charge in [-0.25, -0.2) is 0 Å². The zero-order chi connectivity index (χ0) is 52.9. The number of carbonyl (C=O) groups is 2. The van der Waals surface area contributed by atoms with Crippen LogP contribution in [0.2, 0.25) is 0 Å².